The zero-order valence-corrected chi connectivity index (χ0v) is 28.7. The highest BCUT2D eigenvalue weighted by Gasteiger charge is 2.31. The van der Waals surface area contributed by atoms with Gasteiger partial charge in [0.05, 0.1) is 0 Å². The van der Waals surface area contributed by atoms with Gasteiger partial charge in [-0.2, -0.15) is 10.2 Å². The third kappa shape index (κ3) is 14.2. The van der Waals surface area contributed by atoms with Crippen LogP contribution >= 0.6 is 0 Å². The molecule has 4 aromatic carbocycles. The molecule has 2 amide bonds. The molecule has 44 heavy (non-hydrogen) atoms. The Kier molecular flexibility index (Phi) is 20.8. The Labute approximate surface area is 266 Å². The van der Waals surface area contributed by atoms with Crippen LogP contribution in [-0.4, -0.2) is 77.5 Å². The van der Waals surface area contributed by atoms with Gasteiger partial charge in [-0.25, -0.2) is 0 Å². The standard InChI is InChI=1S/C15H13NO2.C8H11N.C7H8.C3H9N.C2H6N2.C2H6/c1-2-9-16-14(17)11-7-3-5-10-6-4-8-12(13(10)11)15(16)18;1-9(2)8-6-4-3-5-7-8;1-7-5-3-2-4-6-7;1-4(2)3;1-3-4-2;1-2/h3-8H,2,9H2,1H3;3-7H,1-2H3;2-6H,1H3;1-3H3;1-2H3;1-2H3. The first-order valence-electron chi connectivity index (χ1n) is 15.0. The fraction of sp³-hybridized carbons (Fsp3) is 0.351. The van der Waals surface area contributed by atoms with Gasteiger partial charge in [0.1, 0.15) is 0 Å². The van der Waals surface area contributed by atoms with Gasteiger partial charge in [-0.3, -0.25) is 14.5 Å². The molecule has 0 spiro atoms. The van der Waals surface area contributed by atoms with E-state index in [1.165, 1.54) is 16.2 Å². The van der Waals surface area contributed by atoms with E-state index >= 15 is 0 Å². The highest BCUT2D eigenvalue weighted by Crippen LogP contribution is 2.29. The minimum atomic E-state index is -0.175. The third-order valence-corrected chi connectivity index (χ3v) is 5.72. The molecule has 1 aliphatic heterocycles. The number of hydrogen-bond acceptors (Lipinski definition) is 6. The van der Waals surface area contributed by atoms with Crippen LogP contribution in [0, 0.1) is 6.92 Å². The van der Waals surface area contributed by atoms with E-state index in [4.69, 9.17) is 0 Å². The minimum absolute atomic E-state index is 0.175. The predicted octanol–water partition coefficient (Wildman–Crippen LogP) is 8.50. The largest absolute Gasteiger partial charge is 0.378 e. The second kappa shape index (κ2) is 23.1. The van der Waals surface area contributed by atoms with Gasteiger partial charge in [-0.15, -0.1) is 0 Å². The Bertz CT molecular complexity index is 1310. The minimum Gasteiger partial charge on any atom is -0.378 e. The van der Waals surface area contributed by atoms with E-state index in [1.54, 1.807) is 26.2 Å². The van der Waals surface area contributed by atoms with Gasteiger partial charge in [0.2, 0.25) is 0 Å². The average Bonchev–Trinajstić information content (AvgIpc) is 3.04. The van der Waals surface area contributed by atoms with Gasteiger partial charge < -0.3 is 9.80 Å². The van der Waals surface area contributed by atoms with Crippen molar-refractivity contribution in [3.05, 3.63) is 114 Å². The van der Waals surface area contributed by atoms with Crippen LogP contribution < -0.4 is 4.90 Å². The molecular weight excluding hydrogens is 546 g/mol. The van der Waals surface area contributed by atoms with Crippen molar-refractivity contribution in [3.8, 4) is 0 Å². The smallest absolute Gasteiger partial charge is 0.261 e. The van der Waals surface area contributed by atoms with E-state index in [0.717, 1.165) is 17.2 Å². The molecule has 0 radical (unpaired) electrons. The number of aryl methyl sites for hydroxylation is 1. The molecule has 0 aromatic heterocycles. The van der Waals surface area contributed by atoms with Crippen LogP contribution in [-0.2, 0) is 0 Å². The van der Waals surface area contributed by atoms with Gasteiger partial charge in [-0.05, 0) is 64.1 Å². The summed E-state index contributed by atoms with van der Waals surface area (Å²) in [5, 5.41) is 8.46. The van der Waals surface area contributed by atoms with E-state index in [0.29, 0.717) is 17.7 Å². The summed E-state index contributed by atoms with van der Waals surface area (Å²) in [4.78, 5) is 30.0. The fourth-order valence-electron chi connectivity index (χ4n) is 3.77. The van der Waals surface area contributed by atoms with Crippen molar-refractivity contribution in [1.29, 1.82) is 0 Å². The van der Waals surface area contributed by atoms with Crippen LogP contribution in [0.3, 0.4) is 0 Å². The first kappa shape index (κ1) is 39.6. The maximum absolute atomic E-state index is 12.3. The SMILES string of the molecule is CC.CCCN1C(=O)c2cccc3cccc(c23)C1=O.CN(C)C.CN(C)c1ccccc1.CN=NC.Cc1ccccc1. The van der Waals surface area contributed by atoms with Crippen LogP contribution in [0.2, 0.25) is 0 Å². The van der Waals surface area contributed by atoms with Crippen LogP contribution in [0.15, 0.2) is 107 Å². The number of benzene rings is 4. The van der Waals surface area contributed by atoms with Crippen molar-refractivity contribution in [3.63, 3.8) is 0 Å². The number of carbonyl (C=O) groups is 2. The predicted molar refractivity (Wildman–Crippen MR) is 189 cm³/mol. The number of azo groups is 1. The number of imide groups is 1. The lowest BCUT2D eigenvalue weighted by Gasteiger charge is -2.26. The van der Waals surface area contributed by atoms with Crippen molar-refractivity contribution in [2.24, 2.45) is 10.2 Å². The molecule has 5 rings (SSSR count). The zero-order chi connectivity index (χ0) is 33.5. The van der Waals surface area contributed by atoms with E-state index in [1.807, 2.05) is 122 Å². The van der Waals surface area contributed by atoms with Gasteiger partial charge in [0.25, 0.3) is 11.8 Å². The lowest BCUT2D eigenvalue weighted by atomic mass is 9.94. The summed E-state index contributed by atoms with van der Waals surface area (Å²) in [6.07, 6.45) is 0.773. The molecule has 0 N–H and O–H groups in total. The first-order valence-corrected chi connectivity index (χ1v) is 15.0. The molecule has 0 fully saturated rings. The number of nitrogens with zero attached hydrogens (tertiary/aromatic N) is 5. The molecule has 4 aromatic rings. The topological polar surface area (TPSA) is 68.6 Å². The zero-order valence-electron chi connectivity index (χ0n) is 28.7. The number of para-hydroxylation sites is 1. The molecule has 0 atom stereocenters. The Morgan fingerprint density at radius 2 is 1.05 bits per heavy atom. The maximum Gasteiger partial charge on any atom is 0.261 e. The summed E-state index contributed by atoms with van der Waals surface area (Å²) in [5.41, 5.74) is 3.84. The molecule has 7 heteroatoms. The van der Waals surface area contributed by atoms with Crippen LogP contribution in [0.25, 0.3) is 10.8 Å². The highest BCUT2D eigenvalue weighted by atomic mass is 16.2. The van der Waals surface area contributed by atoms with Crippen LogP contribution in [0.1, 0.15) is 53.5 Å². The summed E-state index contributed by atoms with van der Waals surface area (Å²) in [5.74, 6) is -0.350. The van der Waals surface area contributed by atoms with Crippen LogP contribution in [0.5, 0.6) is 0 Å². The lowest BCUT2D eigenvalue weighted by molar-refractivity contribution is 0.0610. The summed E-state index contributed by atoms with van der Waals surface area (Å²) >= 11 is 0. The molecule has 0 saturated heterocycles. The van der Waals surface area contributed by atoms with E-state index in [9.17, 15) is 9.59 Å². The van der Waals surface area contributed by atoms with Gasteiger partial charge in [-0.1, -0.05) is 99.1 Å². The number of anilines is 1. The number of carbonyl (C=O) groups excluding carboxylic acids is 2. The van der Waals surface area contributed by atoms with E-state index < -0.39 is 0 Å². The molecule has 7 nitrogen and oxygen atoms in total. The summed E-state index contributed by atoms with van der Waals surface area (Å²) < 4.78 is 0. The van der Waals surface area contributed by atoms with Gasteiger partial charge in [0.15, 0.2) is 0 Å². The highest BCUT2D eigenvalue weighted by molar-refractivity contribution is 6.25. The van der Waals surface area contributed by atoms with Gasteiger partial charge in [0, 0.05) is 56.9 Å². The number of amides is 2. The Morgan fingerprint density at radius 1 is 0.636 bits per heavy atom. The molecule has 0 unspecified atom stereocenters. The summed E-state index contributed by atoms with van der Waals surface area (Å²) in [7, 11) is 13.4. The second-order valence-corrected chi connectivity index (χ2v) is 10.1. The van der Waals surface area contributed by atoms with Crippen molar-refractivity contribution in [2.75, 3.05) is 60.8 Å². The third-order valence-electron chi connectivity index (χ3n) is 5.72. The lowest BCUT2D eigenvalue weighted by Crippen LogP contribution is -2.40. The Morgan fingerprint density at radius 3 is 1.34 bits per heavy atom. The molecular formula is C37H53N5O2. The molecule has 0 bridgehead atoms. The molecule has 0 aliphatic carbocycles. The molecule has 0 saturated carbocycles. The van der Waals surface area contributed by atoms with E-state index in [2.05, 4.69) is 46.3 Å². The van der Waals surface area contributed by atoms with Gasteiger partial charge >= 0.3 is 0 Å². The monoisotopic (exact) mass is 599 g/mol. The quantitative estimate of drug-likeness (QED) is 0.175. The fourth-order valence-corrected chi connectivity index (χ4v) is 3.77. The number of hydrogen-bond donors (Lipinski definition) is 0. The molecule has 1 heterocycles. The average molecular weight is 600 g/mol. The summed E-state index contributed by atoms with van der Waals surface area (Å²) in [6.45, 7) is 8.52. The van der Waals surface area contributed by atoms with E-state index in [-0.39, 0.29) is 11.8 Å². The molecule has 1 aliphatic rings. The summed E-state index contributed by atoms with van der Waals surface area (Å²) in [6, 6.07) is 31.7. The number of rotatable bonds is 3. The Hall–Kier alpha value is -4.36. The normalized spacial score (nSPS) is 11.0. The Balaban J connectivity index is 0.000000597. The second-order valence-electron chi connectivity index (χ2n) is 10.1. The van der Waals surface area contributed by atoms with Crippen molar-refractivity contribution in [2.45, 2.75) is 34.1 Å². The van der Waals surface area contributed by atoms with Crippen LogP contribution in [0.4, 0.5) is 5.69 Å². The maximum atomic E-state index is 12.3. The first-order chi connectivity index (χ1) is 21.1. The van der Waals surface area contributed by atoms with Crippen molar-refractivity contribution >= 4 is 28.3 Å². The molecule has 238 valence electrons. The van der Waals surface area contributed by atoms with Crippen molar-refractivity contribution < 1.29 is 9.59 Å². The van der Waals surface area contributed by atoms with Crippen molar-refractivity contribution in [1.82, 2.24) is 9.80 Å².